The van der Waals surface area contributed by atoms with E-state index in [1.807, 2.05) is 29.2 Å². The van der Waals surface area contributed by atoms with Gasteiger partial charge >= 0.3 is 0 Å². The van der Waals surface area contributed by atoms with E-state index in [2.05, 4.69) is 29.8 Å². The standard InChI is InChI=1S/C15H22BrNO2/c1-4-12(5-2)17(11-10-16)15(18)13-8-6-7-9-14(13)19-3/h6-9,12H,4-5,10-11H2,1-3H3. The van der Waals surface area contributed by atoms with E-state index in [1.165, 1.54) is 0 Å². The van der Waals surface area contributed by atoms with Crippen LogP contribution in [0, 0.1) is 0 Å². The van der Waals surface area contributed by atoms with Gasteiger partial charge in [0.2, 0.25) is 0 Å². The Labute approximate surface area is 124 Å². The van der Waals surface area contributed by atoms with Crippen molar-refractivity contribution in [1.29, 1.82) is 0 Å². The molecular weight excluding hydrogens is 306 g/mol. The molecule has 0 heterocycles. The summed E-state index contributed by atoms with van der Waals surface area (Å²) in [6.45, 7) is 4.94. The van der Waals surface area contributed by atoms with Crippen LogP contribution in [-0.4, -0.2) is 35.8 Å². The molecular formula is C15H22BrNO2. The maximum absolute atomic E-state index is 12.7. The van der Waals surface area contributed by atoms with Gasteiger partial charge < -0.3 is 9.64 Å². The van der Waals surface area contributed by atoms with Gasteiger partial charge in [0.1, 0.15) is 5.75 Å². The molecule has 0 spiro atoms. The average Bonchev–Trinajstić information content (AvgIpc) is 2.46. The summed E-state index contributed by atoms with van der Waals surface area (Å²) < 4.78 is 5.28. The predicted molar refractivity (Wildman–Crippen MR) is 82.2 cm³/mol. The fraction of sp³-hybridized carbons (Fsp3) is 0.533. The molecule has 3 nitrogen and oxygen atoms in total. The van der Waals surface area contributed by atoms with Crippen molar-refractivity contribution in [2.75, 3.05) is 19.0 Å². The molecule has 0 aliphatic carbocycles. The molecule has 0 aliphatic heterocycles. The summed E-state index contributed by atoms with van der Waals surface area (Å²) in [6, 6.07) is 7.67. The third-order valence-corrected chi connectivity index (χ3v) is 3.66. The van der Waals surface area contributed by atoms with E-state index in [0.29, 0.717) is 17.9 Å². The summed E-state index contributed by atoms with van der Waals surface area (Å²) >= 11 is 3.43. The second-order valence-electron chi connectivity index (χ2n) is 4.36. The number of ether oxygens (including phenoxy) is 1. The first-order valence-electron chi connectivity index (χ1n) is 6.69. The summed E-state index contributed by atoms with van der Waals surface area (Å²) in [5, 5.41) is 0.782. The van der Waals surface area contributed by atoms with Gasteiger partial charge in [-0.2, -0.15) is 0 Å². The van der Waals surface area contributed by atoms with Crippen molar-refractivity contribution in [1.82, 2.24) is 4.90 Å². The Balaban J connectivity index is 3.04. The van der Waals surface area contributed by atoms with Gasteiger partial charge in [0.25, 0.3) is 5.91 Å². The normalized spacial score (nSPS) is 10.6. The summed E-state index contributed by atoms with van der Waals surface area (Å²) in [5.74, 6) is 0.684. The Bertz CT molecular complexity index is 405. The van der Waals surface area contributed by atoms with Gasteiger partial charge in [0.15, 0.2) is 0 Å². The van der Waals surface area contributed by atoms with Crippen LogP contribution < -0.4 is 4.74 Å². The summed E-state index contributed by atoms with van der Waals surface area (Å²) in [5.41, 5.74) is 0.637. The Morgan fingerprint density at radius 1 is 1.32 bits per heavy atom. The van der Waals surface area contributed by atoms with E-state index in [1.54, 1.807) is 7.11 Å². The van der Waals surface area contributed by atoms with Gasteiger partial charge in [0, 0.05) is 17.9 Å². The van der Waals surface area contributed by atoms with Crippen LogP contribution in [0.3, 0.4) is 0 Å². The van der Waals surface area contributed by atoms with Crippen LogP contribution in [0.1, 0.15) is 37.0 Å². The van der Waals surface area contributed by atoms with Gasteiger partial charge in [-0.15, -0.1) is 0 Å². The number of para-hydroxylation sites is 1. The number of carbonyl (C=O) groups is 1. The minimum Gasteiger partial charge on any atom is -0.496 e. The van der Waals surface area contributed by atoms with Gasteiger partial charge in [-0.1, -0.05) is 41.9 Å². The summed E-state index contributed by atoms with van der Waals surface area (Å²) in [4.78, 5) is 14.6. The second-order valence-corrected chi connectivity index (χ2v) is 5.15. The number of hydrogen-bond donors (Lipinski definition) is 0. The minimum atomic E-state index is 0.0469. The number of benzene rings is 1. The number of hydrogen-bond acceptors (Lipinski definition) is 2. The molecule has 0 fully saturated rings. The maximum Gasteiger partial charge on any atom is 0.257 e. The lowest BCUT2D eigenvalue weighted by Gasteiger charge is -2.30. The molecule has 1 aromatic carbocycles. The molecule has 0 saturated heterocycles. The Morgan fingerprint density at radius 2 is 1.95 bits per heavy atom. The molecule has 0 saturated carbocycles. The van der Waals surface area contributed by atoms with E-state index in [-0.39, 0.29) is 11.9 Å². The quantitative estimate of drug-likeness (QED) is 0.714. The molecule has 19 heavy (non-hydrogen) atoms. The smallest absolute Gasteiger partial charge is 0.257 e. The molecule has 1 aromatic rings. The van der Waals surface area contributed by atoms with Crippen molar-refractivity contribution in [2.24, 2.45) is 0 Å². The molecule has 4 heteroatoms. The Kier molecular flexibility index (Phi) is 6.92. The SMILES string of the molecule is CCC(CC)N(CCBr)C(=O)c1ccccc1OC. The third kappa shape index (κ3) is 3.96. The summed E-state index contributed by atoms with van der Waals surface area (Å²) in [7, 11) is 1.60. The Morgan fingerprint density at radius 3 is 2.47 bits per heavy atom. The lowest BCUT2D eigenvalue weighted by molar-refractivity contribution is 0.0679. The first kappa shape index (κ1) is 16.0. The van der Waals surface area contributed by atoms with Gasteiger partial charge in [0.05, 0.1) is 12.7 Å². The van der Waals surface area contributed by atoms with Crippen molar-refractivity contribution in [3.63, 3.8) is 0 Å². The highest BCUT2D eigenvalue weighted by Crippen LogP contribution is 2.22. The topological polar surface area (TPSA) is 29.5 Å². The molecule has 0 N–H and O–H groups in total. The minimum absolute atomic E-state index is 0.0469. The first-order valence-corrected chi connectivity index (χ1v) is 7.81. The molecule has 0 unspecified atom stereocenters. The number of rotatable bonds is 7. The number of alkyl halides is 1. The molecule has 106 valence electrons. The highest BCUT2D eigenvalue weighted by Gasteiger charge is 2.23. The zero-order chi connectivity index (χ0) is 14.3. The van der Waals surface area contributed by atoms with E-state index in [9.17, 15) is 4.79 Å². The van der Waals surface area contributed by atoms with E-state index in [0.717, 1.165) is 18.2 Å². The number of amides is 1. The van der Waals surface area contributed by atoms with Crippen LogP contribution in [0.4, 0.5) is 0 Å². The molecule has 0 aliphatic rings. The molecule has 0 bridgehead atoms. The van der Waals surface area contributed by atoms with Crippen molar-refractivity contribution in [3.05, 3.63) is 29.8 Å². The van der Waals surface area contributed by atoms with Crippen LogP contribution in [0.2, 0.25) is 0 Å². The largest absolute Gasteiger partial charge is 0.496 e. The van der Waals surface area contributed by atoms with Crippen LogP contribution >= 0.6 is 15.9 Å². The van der Waals surface area contributed by atoms with Crippen LogP contribution in [0.15, 0.2) is 24.3 Å². The monoisotopic (exact) mass is 327 g/mol. The van der Waals surface area contributed by atoms with Gasteiger partial charge in [-0.3, -0.25) is 4.79 Å². The van der Waals surface area contributed by atoms with Crippen molar-refractivity contribution in [3.8, 4) is 5.75 Å². The predicted octanol–water partition coefficient (Wildman–Crippen LogP) is 3.72. The zero-order valence-corrected chi connectivity index (χ0v) is 13.4. The Hall–Kier alpha value is -1.03. The first-order chi connectivity index (χ1) is 9.19. The average molecular weight is 328 g/mol. The van der Waals surface area contributed by atoms with Crippen molar-refractivity contribution in [2.45, 2.75) is 32.7 Å². The molecule has 0 radical (unpaired) electrons. The zero-order valence-electron chi connectivity index (χ0n) is 11.9. The van der Waals surface area contributed by atoms with Gasteiger partial charge in [-0.05, 0) is 25.0 Å². The molecule has 1 amide bonds. The van der Waals surface area contributed by atoms with E-state index < -0.39 is 0 Å². The van der Waals surface area contributed by atoms with Crippen LogP contribution in [0.5, 0.6) is 5.75 Å². The van der Waals surface area contributed by atoms with Crippen molar-refractivity contribution >= 4 is 21.8 Å². The fourth-order valence-electron chi connectivity index (χ4n) is 2.25. The maximum atomic E-state index is 12.7. The van der Waals surface area contributed by atoms with E-state index >= 15 is 0 Å². The highest BCUT2D eigenvalue weighted by atomic mass is 79.9. The van der Waals surface area contributed by atoms with E-state index in [4.69, 9.17) is 4.74 Å². The van der Waals surface area contributed by atoms with Gasteiger partial charge in [-0.25, -0.2) is 0 Å². The summed E-state index contributed by atoms with van der Waals surface area (Å²) in [6.07, 6.45) is 1.93. The number of methoxy groups -OCH3 is 1. The number of carbonyl (C=O) groups excluding carboxylic acids is 1. The molecule has 0 atom stereocenters. The van der Waals surface area contributed by atoms with Crippen LogP contribution in [0.25, 0.3) is 0 Å². The highest BCUT2D eigenvalue weighted by molar-refractivity contribution is 9.09. The lowest BCUT2D eigenvalue weighted by atomic mass is 10.1. The van der Waals surface area contributed by atoms with Crippen molar-refractivity contribution < 1.29 is 9.53 Å². The third-order valence-electron chi connectivity index (χ3n) is 3.31. The lowest BCUT2D eigenvalue weighted by Crippen LogP contribution is -2.41. The molecule has 1 rings (SSSR count). The molecule has 0 aromatic heterocycles. The fourth-order valence-corrected chi connectivity index (χ4v) is 2.63. The second kappa shape index (κ2) is 8.20. The number of halogens is 1. The van der Waals surface area contributed by atoms with Crippen LogP contribution in [-0.2, 0) is 0 Å². The number of nitrogens with zero attached hydrogens (tertiary/aromatic N) is 1.